The molecule has 0 bridgehead atoms. The monoisotopic (exact) mass is 662 g/mol. The van der Waals surface area contributed by atoms with Crippen LogP contribution in [0.1, 0.15) is 20.8 Å². The van der Waals surface area contributed by atoms with Gasteiger partial charge in [-0.25, -0.2) is 0 Å². The average molecular weight is 663 g/mol. The lowest BCUT2D eigenvalue weighted by Gasteiger charge is -2.20. The number of rotatable bonds is 9. The Hall–Kier alpha value is -4.22. The number of carboxylic acid groups (broad SMARTS) is 2. The van der Waals surface area contributed by atoms with E-state index in [1.807, 2.05) is 13.8 Å². The minimum atomic E-state index is -1.33. The zero-order valence-corrected chi connectivity index (χ0v) is 26.0. The number of nitrogens with zero attached hydrogens (tertiary/aromatic N) is 3. The Balaban J connectivity index is 1.71. The first kappa shape index (κ1) is 31.2. The number of aromatic nitrogens is 2. The molecule has 0 spiro atoms. The van der Waals surface area contributed by atoms with Gasteiger partial charge in [-0.05, 0) is 24.5 Å². The maximum Gasteiger partial charge on any atom is 0.325 e. The molecule has 14 nitrogen and oxygen atoms in total. The van der Waals surface area contributed by atoms with Crippen LogP contribution in [0.2, 0.25) is 0 Å². The number of amides is 1. The third-order valence-corrected chi connectivity index (χ3v) is 9.16. The summed E-state index contributed by atoms with van der Waals surface area (Å²) in [5.41, 5.74) is 0.327. The van der Waals surface area contributed by atoms with Crippen LogP contribution in [0, 0.1) is 5.92 Å². The molecule has 44 heavy (non-hydrogen) atoms. The number of nitrogens with one attached hydrogen (secondary N) is 1. The van der Waals surface area contributed by atoms with Gasteiger partial charge in [-0.1, -0.05) is 49.6 Å². The highest BCUT2D eigenvalue weighted by Gasteiger charge is 2.36. The summed E-state index contributed by atoms with van der Waals surface area (Å²) in [7, 11) is 0. The van der Waals surface area contributed by atoms with Gasteiger partial charge < -0.3 is 34.3 Å². The molecule has 1 fully saturated rings. The van der Waals surface area contributed by atoms with Gasteiger partial charge >= 0.3 is 17.9 Å². The predicted molar refractivity (Wildman–Crippen MR) is 164 cm³/mol. The number of fused-ring (bicyclic) bond motifs is 2. The van der Waals surface area contributed by atoms with Crippen LogP contribution >= 0.6 is 35.7 Å². The van der Waals surface area contributed by atoms with Gasteiger partial charge in [0.05, 0.1) is 17.3 Å². The largest absolute Gasteiger partial charge is 0.480 e. The van der Waals surface area contributed by atoms with Gasteiger partial charge in [-0.15, -0.1) is 0 Å². The van der Waals surface area contributed by atoms with Gasteiger partial charge in [-0.2, -0.15) is 0 Å². The summed E-state index contributed by atoms with van der Waals surface area (Å²) >= 11 is 7.30. The fraction of sp³-hybridized carbons (Fsp3) is 0.333. The maximum absolute atomic E-state index is 13.8. The topological polar surface area (TPSA) is 181 Å². The number of ether oxygens (including phenoxy) is 3. The van der Waals surface area contributed by atoms with Gasteiger partial charge in [0.2, 0.25) is 6.79 Å². The number of aromatic amines is 1. The molecule has 3 aliphatic heterocycles. The third kappa shape index (κ3) is 5.94. The first-order valence-electron chi connectivity index (χ1n) is 13.2. The van der Waals surface area contributed by atoms with Crippen molar-refractivity contribution in [3.8, 4) is 11.5 Å². The lowest BCUT2D eigenvalue weighted by atomic mass is 10.0. The molecule has 4 heterocycles. The van der Waals surface area contributed by atoms with E-state index in [2.05, 4.69) is 4.98 Å². The molecule has 17 heteroatoms. The number of esters is 1. The molecule has 1 saturated heterocycles. The van der Waals surface area contributed by atoms with Crippen LogP contribution in [0.3, 0.4) is 0 Å². The zero-order chi connectivity index (χ0) is 31.9. The molecule has 0 radical (unpaired) electrons. The van der Waals surface area contributed by atoms with Gasteiger partial charge in [-0.3, -0.25) is 33.4 Å². The molecule has 3 N–H and O–H groups in total. The van der Waals surface area contributed by atoms with Crippen molar-refractivity contribution < 1.29 is 43.6 Å². The number of carbonyl (C=O) groups is 4. The highest BCUT2D eigenvalue weighted by molar-refractivity contribution is 8.30. The van der Waals surface area contributed by atoms with Gasteiger partial charge in [0.15, 0.2) is 11.5 Å². The normalized spacial score (nSPS) is 18.4. The van der Waals surface area contributed by atoms with Crippen LogP contribution < -0.4 is 30.8 Å². The molecule has 5 rings (SSSR count). The van der Waals surface area contributed by atoms with Crippen LogP contribution in [0.4, 0.5) is 5.69 Å². The standard InChI is InChI=1S/C27H26N4O10S3/c1-4-39-21(36)10-29-14-6-15-16(41-11-40-15)7-17(14)43-18(29)5-13(12(2)3)22-25(37)30(8-19(32)33)24(28-22)23-26(38)31(9-20(34)35)27(42)44-23/h5-7,12,28H,4,8-11H2,1-3H3,(H,32,33)(H,34,35)/b18-5-,22-13-,24-23+. The summed E-state index contributed by atoms with van der Waals surface area (Å²) in [4.78, 5) is 68.8. The van der Waals surface area contributed by atoms with E-state index in [4.69, 9.17) is 26.4 Å². The number of allylic oxidation sites excluding steroid dienone is 1. The maximum atomic E-state index is 13.8. The van der Waals surface area contributed by atoms with E-state index in [0.29, 0.717) is 27.8 Å². The Labute approximate surface area is 262 Å². The van der Waals surface area contributed by atoms with Crippen LogP contribution in [-0.2, 0) is 30.5 Å². The number of thiocarbonyl (C=S) groups is 1. The molecule has 1 aromatic heterocycles. The van der Waals surface area contributed by atoms with Crippen LogP contribution in [-0.4, -0.2) is 79.3 Å². The van der Waals surface area contributed by atoms with Gasteiger partial charge in [0, 0.05) is 17.0 Å². The van der Waals surface area contributed by atoms with Crippen molar-refractivity contribution in [2.24, 2.45) is 5.92 Å². The second-order valence-electron chi connectivity index (χ2n) is 9.87. The van der Waals surface area contributed by atoms with Crippen LogP contribution in [0.15, 0.2) is 32.9 Å². The summed E-state index contributed by atoms with van der Waals surface area (Å²) in [5, 5.41) is 19.4. The van der Waals surface area contributed by atoms with Crippen molar-refractivity contribution in [2.45, 2.75) is 32.2 Å². The molecule has 0 aliphatic carbocycles. The number of hydrogen-bond acceptors (Lipinski definition) is 12. The predicted octanol–water partition coefficient (Wildman–Crippen LogP) is 0.866. The molecule has 0 atom stereocenters. The molecular weight excluding hydrogens is 637 g/mol. The quantitative estimate of drug-likeness (QED) is 0.254. The second kappa shape index (κ2) is 12.4. The van der Waals surface area contributed by atoms with E-state index in [9.17, 15) is 34.2 Å². The summed E-state index contributed by atoms with van der Waals surface area (Å²) in [6, 6.07) is 3.56. The minimum absolute atomic E-state index is 0.0223. The minimum Gasteiger partial charge on any atom is -0.480 e. The van der Waals surface area contributed by atoms with E-state index in [1.54, 1.807) is 30.0 Å². The average Bonchev–Trinajstić information content (AvgIpc) is 3.68. The number of benzene rings is 1. The van der Waals surface area contributed by atoms with Crippen molar-refractivity contribution in [3.63, 3.8) is 0 Å². The van der Waals surface area contributed by atoms with E-state index in [-0.39, 0.29) is 45.9 Å². The molecule has 1 amide bonds. The van der Waals surface area contributed by atoms with Crippen molar-refractivity contribution in [1.29, 1.82) is 0 Å². The smallest absolute Gasteiger partial charge is 0.325 e. The Morgan fingerprint density at radius 2 is 1.75 bits per heavy atom. The van der Waals surface area contributed by atoms with E-state index < -0.39 is 42.5 Å². The Morgan fingerprint density at radius 1 is 1.07 bits per heavy atom. The highest BCUT2D eigenvalue weighted by Crippen LogP contribution is 2.51. The number of anilines is 1. The summed E-state index contributed by atoms with van der Waals surface area (Å²) < 4.78 is 17.1. The number of hydrogen-bond donors (Lipinski definition) is 3. The fourth-order valence-corrected chi connectivity index (χ4v) is 7.12. The molecule has 232 valence electrons. The Kier molecular flexibility index (Phi) is 8.80. The first-order valence-corrected chi connectivity index (χ1v) is 15.2. The molecule has 3 aliphatic rings. The van der Waals surface area contributed by atoms with Gasteiger partial charge in [0.25, 0.3) is 11.5 Å². The second-order valence-corrected chi connectivity index (χ2v) is 12.6. The van der Waals surface area contributed by atoms with E-state index in [1.165, 1.54) is 11.8 Å². The molecule has 2 aromatic rings. The number of imidazole rings is 1. The van der Waals surface area contributed by atoms with Crippen LogP contribution in [0.25, 0.3) is 10.5 Å². The summed E-state index contributed by atoms with van der Waals surface area (Å²) in [6.45, 7) is 4.04. The first-order chi connectivity index (χ1) is 20.9. The lowest BCUT2D eigenvalue weighted by molar-refractivity contribution is -0.141. The number of carboxylic acids is 2. The number of thioether (sulfide) groups is 2. The highest BCUT2D eigenvalue weighted by atomic mass is 32.2. The van der Waals surface area contributed by atoms with E-state index >= 15 is 0 Å². The summed E-state index contributed by atoms with van der Waals surface area (Å²) in [6.07, 6.45) is 1.72. The number of H-pyrrole nitrogens is 1. The Morgan fingerprint density at radius 3 is 2.39 bits per heavy atom. The molecule has 0 saturated carbocycles. The zero-order valence-electron chi connectivity index (χ0n) is 23.6. The van der Waals surface area contributed by atoms with Gasteiger partial charge in [0.1, 0.15) is 39.7 Å². The van der Waals surface area contributed by atoms with Crippen molar-refractivity contribution in [3.05, 3.63) is 44.4 Å². The van der Waals surface area contributed by atoms with Crippen molar-refractivity contribution in [2.75, 3.05) is 31.4 Å². The van der Waals surface area contributed by atoms with Crippen molar-refractivity contribution in [1.82, 2.24) is 14.5 Å². The fourth-order valence-electron chi connectivity index (χ4n) is 4.71. The molecule has 0 unspecified atom stereocenters. The summed E-state index contributed by atoms with van der Waals surface area (Å²) in [5.74, 6) is -3.08. The number of aliphatic carboxylic acids is 2. The molecular formula is C27H26N4O10S3. The third-order valence-electron chi connectivity index (χ3n) is 6.63. The van der Waals surface area contributed by atoms with Crippen LogP contribution in [0.5, 0.6) is 11.5 Å². The number of carbonyl (C=O) groups excluding carboxylic acids is 2. The van der Waals surface area contributed by atoms with Crippen molar-refractivity contribution >= 4 is 80.0 Å². The molecule has 1 aromatic carbocycles. The lowest BCUT2D eigenvalue weighted by Crippen LogP contribution is -2.37. The van der Waals surface area contributed by atoms with E-state index in [0.717, 1.165) is 26.1 Å². The Bertz CT molecular complexity index is 1830. The SMILES string of the molecule is CCOC(=O)CN1/C(=C/C(=c2/[nH]/c(=C3\SC(=S)N(CC(=O)O)C3=O)n(CC(=O)O)c2=O)C(C)C)Sc2cc3c(cc21)OCO3.